The summed E-state index contributed by atoms with van der Waals surface area (Å²) in [5.41, 5.74) is 6.00. The van der Waals surface area contributed by atoms with E-state index >= 15 is 0 Å². The summed E-state index contributed by atoms with van der Waals surface area (Å²) >= 11 is 5.90. The first-order valence-corrected chi connectivity index (χ1v) is 5.41. The van der Waals surface area contributed by atoms with Gasteiger partial charge in [0.2, 0.25) is 0 Å². The molecule has 17 heavy (non-hydrogen) atoms. The Labute approximate surface area is 104 Å². The van der Waals surface area contributed by atoms with E-state index in [4.69, 9.17) is 27.5 Å². The van der Waals surface area contributed by atoms with Gasteiger partial charge >= 0.3 is 0 Å². The van der Waals surface area contributed by atoms with Crippen molar-refractivity contribution < 1.29 is 4.74 Å². The second kappa shape index (κ2) is 4.89. The van der Waals surface area contributed by atoms with Crippen molar-refractivity contribution in [2.75, 3.05) is 0 Å². The second-order valence-electron chi connectivity index (χ2n) is 3.47. The van der Waals surface area contributed by atoms with Crippen LogP contribution in [0.1, 0.15) is 5.56 Å². The minimum atomic E-state index is -0.0485. The average Bonchev–Trinajstić information content (AvgIpc) is 2.30. The molecule has 0 heterocycles. The molecule has 2 aromatic carbocycles. The Morgan fingerprint density at radius 2 is 1.82 bits per heavy atom. The molecule has 2 aromatic rings. The lowest BCUT2D eigenvalue weighted by molar-refractivity contribution is 0.481. The highest BCUT2D eigenvalue weighted by molar-refractivity contribution is 6.30. The predicted octanol–water partition coefficient (Wildman–Crippen LogP) is 3.42. The Kier molecular flexibility index (Phi) is 3.30. The predicted molar refractivity (Wildman–Crippen MR) is 69.0 cm³/mol. The van der Waals surface area contributed by atoms with Gasteiger partial charge in [0.05, 0.1) is 5.56 Å². The van der Waals surface area contributed by atoms with Crippen LogP contribution in [0.3, 0.4) is 0 Å². The molecule has 3 N–H and O–H groups in total. The lowest BCUT2D eigenvalue weighted by Gasteiger charge is -2.10. The highest BCUT2D eigenvalue weighted by Crippen LogP contribution is 2.27. The molecule has 3 nitrogen and oxygen atoms in total. The van der Waals surface area contributed by atoms with Crippen molar-refractivity contribution in [2.45, 2.75) is 0 Å². The maximum atomic E-state index is 7.47. The summed E-state index contributed by atoms with van der Waals surface area (Å²) in [5.74, 6) is 1.11. The zero-order chi connectivity index (χ0) is 12.3. The minimum Gasteiger partial charge on any atom is -0.457 e. The van der Waals surface area contributed by atoms with Gasteiger partial charge < -0.3 is 10.5 Å². The maximum absolute atomic E-state index is 7.47. The lowest BCUT2D eigenvalue weighted by atomic mass is 10.2. The van der Waals surface area contributed by atoms with Crippen LogP contribution in [0.4, 0.5) is 0 Å². The van der Waals surface area contributed by atoms with Gasteiger partial charge in [0.1, 0.15) is 17.3 Å². The van der Waals surface area contributed by atoms with Crippen molar-refractivity contribution >= 4 is 17.4 Å². The van der Waals surface area contributed by atoms with E-state index in [0.717, 1.165) is 0 Å². The maximum Gasteiger partial charge on any atom is 0.139 e. The van der Waals surface area contributed by atoms with E-state index in [1.807, 2.05) is 30.3 Å². The molecule has 86 valence electrons. The van der Waals surface area contributed by atoms with E-state index in [2.05, 4.69) is 0 Å². The Hall–Kier alpha value is -2.00. The molecule has 2 rings (SSSR count). The van der Waals surface area contributed by atoms with E-state index in [1.54, 1.807) is 18.2 Å². The number of nitrogen functional groups attached to an aromatic ring is 1. The molecule has 0 fully saturated rings. The standard InChI is InChI=1S/C13H11ClN2O/c14-9-6-7-11(13(15)16)12(8-9)17-10-4-2-1-3-5-10/h1-8H,(H3,15,16). The fraction of sp³-hybridized carbons (Fsp3) is 0. The zero-order valence-electron chi connectivity index (χ0n) is 8.98. The van der Waals surface area contributed by atoms with Gasteiger partial charge in [-0.3, -0.25) is 5.41 Å². The highest BCUT2D eigenvalue weighted by atomic mass is 35.5. The molecule has 0 saturated heterocycles. The van der Waals surface area contributed by atoms with E-state index in [1.165, 1.54) is 0 Å². The lowest BCUT2D eigenvalue weighted by Crippen LogP contribution is -2.12. The van der Waals surface area contributed by atoms with Crippen molar-refractivity contribution in [3.05, 3.63) is 59.1 Å². The Balaban J connectivity index is 2.37. The quantitative estimate of drug-likeness (QED) is 0.644. The topological polar surface area (TPSA) is 59.1 Å². The molecular formula is C13H11ClN2O. The molecule has 0 radical (unpaired) electrons. The Morgan fingerprint density at radius 1 is 1.12 bits per heavy atom. The van der Waals surface area contributed by atoms with Gasteiger partial charge in [-0.2, -0.15) is 0 Å². The first kappa shape index (κ1) is 11.5. The van der Waals surface area contributed by atoms with Crippen LogP contribution in [0.25, 0.3) is 0 Å². The van der Waals surface area contributed by atoms with Crippen LogP contribution in [0.2, 0.25) is 5.02 Å². The van der Waals surface area contributed by atoms with Crippen molar-refractivity contribution in [1.82, 2.24) is 0 Å². The number of ether oxygens (including phenoxy) is 1. The number of nitrogens with two attached hydrogens (primary N) is 1. The largest absolute Gasteiger partial charge is 0.457 e. The first-order valence-electron chi connectivity index (χ1n) is 5.03. The van der Waals surface area contributed by atoms with Crippen molar-refractivity contribution in [3.63, 3.8) is 0 Å². The number of rotatable bonds is 3. The number of halogens is 1. The van der Waals surface area contributed by atoms with Crippen LogP contribution < -0.4 is 10.5 Å². The molecule has 0 aliphatic rings. The van der Waals surface area contributed by atoms with Gasteiger partial charge in [0.15, 0.2) is 0 Å². The van der Waals surface area contributed by atoms with Crippen LogP contribution in [0.15, 0.2) is 48.5 Å². The third-order valence-electron chi connectivity index (χ3n) is 2.20. The van der Waals surface area contributed by atoms with Gasteiger partial charge in [0, 0.05) is 11.1 Å². The summed E-state index contributed by atoms with van der Waals surface area (Å²) in [6.45, 7) is 0. The van der Waals surface area contributed by atoms with Crippen molar-refractivity contribution in [2.24, 2.45) is 5.73 Å². The van der Waals surface area contributed by atoms with E-state index in [-0.39, 0.29) is 5.84 Å². The molecule has 4 heteroatoms. The zero-order valence-corrected chi connectivity index (χ0v) is 9.74. The van der Waals surface area contributed by atoms with Gasteiger partial charge in [0.25, 0.3) is 0 Å². The molecule has 0 atom stereocenters. The smallest absolute Gasteiger partial charge is 0.139 e. The minimum absolute atomic E-state index is 0.0485. The van der Waals surface area contributed by atoms with Gasteiger partial charge in [-0.15, -0.1) is 0 Å². The molecule has 0 spiro atoms. The van der Waals surface area contributed by atoms with E-state index < -0.39 is 0 Å². The number of hydrogen-bond acceptors (Lipinski definition) is 2. The number of benzene rings is 2. The van der Waals surface area contributed by atoms with Crippen molar-refractivity contribution in [1.29, 1.82) is 5.41 Å². The highest BCUT2D eigenvalue weighted by Gasteiger charge is 2.08. The molecule has 0 amide bonds. The third-order valence-corrected chi connectivity index (χ3v) is 2.44. The number of amidine groups is 1. The molecule has 0 aliphatic carbocycles. The molecule has 0 unspecified atom stereocenters. The molecular weight excluding hydrogens is 236 g/mol. The summed E-state index contributed by atoms with van der Waals surface area (Å²) < 4.78 is 5.65. The summed E-state index contributed by atoms with van der Waals surface area (Å²) in [6.07, 6.45) is 0. The summed E-state index contributed by atoms with van der Waals surface area (Å²) in [6, 6.07) is 14.3. The van der Waals surface area contributed by atoms with Gasteiger partial charge in [-0.1, -0.05) is 29.8 Å². The number of para-hydroxylation sites is 1. The summed E-state index contributed by atoms with van der Waals surface area (Å²) in [7, 11) is 0. The number of hydrogen-bond donors (Lipinski definition) is 2. The summed E-state index contributed by atoms with van der Waals surface area (Å²) in [5, 5.41) is 8.01. The fourth-order valence-electron chi connectivity index (χ4n) is 1.42. The van der Waals surface area contributed by atoms with Crippen LogP contribution in [-0.2, 0) is 0 Å². The monoisotopic (exact) mass is 246 g/mol. The molecule has 0 aromatic heterocycles. The molecule has 0 saturated carbocycles. The van der Waals surface area contributed by atoms with E-state index in [9.17, 15) is 0 Å². The SMILES string of the molecule is N=C(N)c1ccc(Cl)cc1Oc1ccccc1. The van der Waals surface area contributed by atoms with Crippen LogP contribution in [0, 0.1) is 5.41 Å². The van der Waals surface area contributed by atoms with Crippen LogP contribution in [-0.4, -0.2) is 5.84 Å². The molecule has 0 aliphatic heterocycles. The van der Waals surface area contributed by atoms with Crippen LogP contribution in [0.5, 0.6) is 11.5 Å². The van der Waals surface area contributed by atoms with E-state index in [0.29, 0.717) is 22.1 Å². The van der Waals surface area contributed by atoms with Crippen LogP contribution >= 0.6 is 11.6 Å². The van der Waals surface area contributed by atoms with Crippen molar-refractivity contribution in [3.8, 4) is 11.5 Å². The van der Waals surface area contributed by atoms with Gasteiger partial charge in [-0.05, 0) is 24.3 Å². The van der Waals surface area contributed by atoms with Gasteiger partial charge in [-0.25, -0.2) is 0 Å². The normalized spacial score (nSPS) is 9.94. The Bertz CT molecular complexity index is 540. The second-order valence-corrected chi connectivity index (χ2v) is 3.91. The fourth-order valence-corrected chi connectivity index (χ4v) is 1.58. The first-order chi connectivity index (χ1) is 8.16. The molecule has 0 bridgehead atoms. The average molecular weight is 247 g/mol. The Morgan fingerprint density at radius 3 is 2.47 bits per heavy atom. The number of nitrogens with one attached hydrogen (secondary N) is 1. The third kappa shape index (κ3) is 2.77. The summed E-state index contributed by atoms with van der Waals surface area (Å²) in [4.78, 5) is 0.